The fraction of sp³-hybridized carbons (Fsp3) is 0.176. The average Bonchev–Trinajstić information content (AvgIpc) is 2.55. The van der Waals surface area contributed by atoms with Crippen molar-refractivity contribution in [2.45, 2.75) is 20.0 Å². The minimum atomic E-state index is -0.999. The van der Waals surface area contributed by atoms with E-state index in [2.05, 4.69) is 10.3 Å². The van der Waals surface area contributed by atoms with Crippen LogP contribution in [0.15, 0.2) is 42.6 Å². The summed E-state index contributed by atoms with van der Waals surface area (Å²) in [6, 6.07) is 9.34. The number of rotatable bonds is 5. The second kappa shape index (κ2) is 7.70. The fourth-order valence-electron chi connectivity index (χ4n) is 1.81. The number of ketones is 1. The van der Waals surface area contributed by atoms with Gasteiger partial charge in [-0.25, -0.2) is 9.78 Å². The Hall–Kier alpha value is -2.73. The normalized spacial score (nSPS) is 11.5. The molecule has 7 heteroatoms. The molecule has 0 spiro atoms. The molecular formula is C17H15ClN2O4. The maximum atomic E-state index is 12.1. The summed E-state index contributed by atoms with van der Waals surface area (Å²) in [5, 5.41) is 2.87. The molecule has 1 heterocycles. The Morgan fingerprint density at radius 3 is 2.25 bits per heavy atom. The quantitative estimate of drug-likeness (QED) is 0.510. The Balaban J connectivity index is 1.95. The summed E-state index contributed by atoms with van der Waals surface area (Å²) in [7, 11) is 0. The molecule has 0 radical (unpaired) electrons. The van der Waals surface area contributed by atoms with Gasteiger partial charge in [0.05, 0.1) is 5.56 Å². The number of benzene rings is 1. The van der Waals surface area contributed by atoms with E-state index in [0.29, 0.717) is 11.3 Å². The molecule has 1 atom stereocenters. The fourth-order valence-corrected chi connectivity index (χ4v) is 1.92. The molecule has 0 saturated carbocycles. The van der Waals surface area contributed by atoms with E-state index < -0.39 is 18.0 Å². The van der Waals surface area contributed by atoms with Gasteiger partial charge in [-0.2, -0.15) is 0 Å². The lowest BCUT2D eigenvalue weighted by molar-refractivity contribution is -0.123. The molecule has 2 aromatic rings. The summed E-state index contributed by atoms with van der Waals surface area (Å²) >= 11 is 5.65. The Kier molecular flexibility index (Phi) is 5.65. The number of hydrogen-bond donors (Lipinski definition) is 1. The highest BCUT2D eigenvalue weighted by atomic mass is 35.5. The van der Waals surface area contributed by atoms with Crippen LogP contribution in [0.4, 0.5) is 5.69 Å². The van der Waals surface area contributed by atoms with Crippen molar-refractivity contribution in [1.82, 2.24) is 4.98 Å². The number of amides is 1. The number of ether oxygens (including phenoxy) is 1. The van der Waals surface area contributed by atoms with Crippen molar-refractivity contribution in [3.8, 4) is 0 Å². The number of halogens is 1. The maximum Gasteiger partial charge on any atom is 0.340 e. The third-order valence-corrected chi connectivity index (χ3v) is 3.40. The number of carbonyl (C=O) groups is 3. The van der Waals surface area contributed by atoms with E-state index in [1.807, 2.05) is 0 Å². The number of carbonyl (C=O) groups excluding carboxylic acids is 3. The molecule has 2 rings (SSSR count). The molecule has 0 aliphatic carbocycles. The molecule has 0 fully saturated rings. The van der Waals surface area contributed by atoms with Crippen molar-refractivity contribution in [2.24, 2.45) is 0 Å². The van der Waals surface area contributed by atoms with Crippen LogP contribution in [0.1, 0.15) is 34.6 Å². The summed E-state index contributed by atoms with van der Waals surface area (Å²) < 4.78 is 5.08. The van der Waals surface area contributed by atoms with Crippen molar-refractivity contribution in [1.29, 1.82) is 0 Å². The second-order valence-electron chi connectivity index (χ2n) is 5.04. The highest BCUT2D eigenvalue weighted by Crippen LogP contribution is 2.12. The van der Waals surface area contributed by atoms with Gasteiger partial charge in [0.25, 0.3) is 5.91 Å². The molecule has 24 heavy (non-hydrogen) atoms. The van der Waals surface area contributed by atoms with Gasteiger partial charge in [-0.05, 0) is 50.2 Å². The van der Waals surface area contributed by atoms with E-state index in [1.165, 1.54) is 32.2 Å². The van der Waals surface area contributed by atoms with Crippen LogP contribution in [0.25, 0.3) is 0 Å². The monoisotopic (exact) mass is 346 g/mol. The van der Waals surface area contributed by atoms with Crippen LogP contribution < -0.4 is 5.32 Å². The molecule has 1 unspecified atom stereocenters. The van der Waals surface area contributed by atoms with Crippen LogP contribution in [0.2, 0.25) is 5.15 Å². The van der Waals surface area contributed by atoms with Crippen molar-refractivity contribution >= 4 is 34.9 Å². The second-order valence-corrected chi connectivity index (χ2v) is 5.43. The molecule has 0 aliphatic heterocycles. The van der Waals surface area contributed by atoms with E-state index in [0.717, 1.165) is 0 Å². The van der Waals surface area contributed by atoms with Crippen molar-refractivity contribution in [3.05, 3.63) is 58.9 Å². The van der Waals surface area contributed by atoms with Gasteiger partial charge in [0.2, 0.25) is 0 Å². The lowest BCUT2D eigenvalue weighted by Crippen LogP contribution is -2.30. The molecule has 1 amide bonds. The summed E-state index contributed by atoms with van der Waals surface area (Å²) in [5.41, 5.74) is 1.24. The van der Waals surface area contributed by atoms with Gasteiger partial charge in [0, 0.05) is 17.4 Å². The topological polar surface area (TPSA) is 85.4 Å². The number of nitrogens with one attached hydrogen (secondary N) is 1. The number of anilines is 1. The number of aromatic nitrogens is 1. The lowest BCUT2D eigenvalue weighted by Gasteiger charge is -2.13. The number of hydrogen-bond acceptors (Lipinski definition) is 5. The number of pyridine rings is 1. The highest BCUT2D eigenvalue weighted by molar-refractivity contribution is 6.29. The molecular weight excluding hydrogens is 332 g/mol. The largest absolute Gasteiger partial charge is 0.449 e. The predicted octanol–water partition coefficient (Wildman–Crippen LogP) is 3.12. The van der Waals surface area contributed by atoms with Crippen molar-refractivity contribution in [2.75, 3.05) is 5.32 Å². The van der Waals surface area contributed by atoms with Gasteiger partial charge >= 0.3 is 5.97 Å². The molecule has 0 saturated heterocycles. The summed E-state index contributed by atoms with van der Waals surface area (Å²) in [5.74, 6) is -1.22. The maximum absolute atomic E-state index is 12.1. The molecule has 1 aromatic carbocycles. The van der Waals surface area contributed by atoms with E-state index in [1.54, 1.807) is 24.3 Å². The standard InChI is InChI=1S/C17H15ClN2O4/c1-10(21)12-3-6-14(7-4-12)20-16(22)11(2)24-17(23)13-5-8-15(18)19-9-13/h3-9,11H,1-2H3,(H,20,22). The van der Waals surface area contributed by atoms with Crippen LogP contribution in [0.3, 0.4) is 0 Å². The minimum absolute atomic E-state index is 0.0632. The van der Waals surface area contributed by atoms with E-state index in [4.69, 9.17) is 16.3 Å². The zero-order valence-electron chi connectivity index (χ0n) is 13.1. The Morgan fingerprint density at radius 1 is 1.08 bits per heavy atom. The first-order valence-corrected chi connectivity index (χ1v) is 7.49. The first-order valence-electron chi connectivity index (χ1n) is 7.11. The van der Waals surface area contributed by atoms with E-state index in [9.17, 15) is 14.4 Å². The Morgan fingerprint density at radius 2 is 1.71 bits per heavy atom. The zero-order valence-corrected chi connectivity index (χ0v) is 13.8. The molecule has 124 valence electrons. The van der Waals surface area contributed by atoms with Gasteiger partial charge in [-0.3, -0.25) is 9.59 Å². The van der Waals surface area contributed by atoms with Gasteiger partial charge < -0.3 is 10.1 Å². The number of Topliss-reactive ketones (excluding diaryl/α,β-unsaturated/α-hetero) is 1. The minimum Gasteiger partial charge on any atom is -0.449 e. The smallest absolute Gasteiger partial charge is 0.340 e. The third kappa shape index (κ3) is 4.63. The SMILES string of the molecule is CC(=O)c1ccc(NC(=O)C(C)OC(=O)c2ccc(Cl)nc2)cc1. The van der Waals surface area contributed by atoms with Crippen molar-refractivity contribution in [3.63, 3.8) is 0 Å². The van der Waals surface area contributed by atoms with E-state index in [-0.39, 0.29) is 16.5 Å². The van der Waals surface area contributed by atoms with Crippen LogP contribution in [0, 0.1) is 0 Å². The summed E-state index contributed by atoms with van der Waals surface area (Å²) in [4.78, 5) is 39.0. The summed E-state index contributed by atoms with van der Waals surface area (Å²) in [6.07, 6.45) is 0.274. The van der Waals surface area contributed by atoms with Crippen LogP contribution >= 0.6 is 11.6 Å². The van der Waals surface area contributed by atoms with Crippen LogP contribution in [-0.4, -0.2) is 28.7 Å². The van der Waals surface area contributed by atoms with Gasteiger partial charge in [0.15, 0.2) is 11.9 Å². The Labute approximate surface area is 143 Å². The predicted molar refractivity (Wildman–Crippen MR) is 89.2 cm³/mol. The molecule has 1 aromatic heterocycles. The molecule has 0 aliphatic rings. The third-order valence-electron chi connectivity index (χ3n) is 3.18. The highest BCUT2D eigenvalue weighted by Gasteiger charge is 2.19. The van der Waals surface area contributed by atoms with Crippen LogP contribution in [0.5, 0.6) is 0 Å². The molecule has 0 bridgehead atoms. The van der Waals surface area contributed by atoms with Gasteiger partial charge in [-0.1, -0.05) is 11.6 Å². The van der Waals surface area contributed by atoms with Crippen LogP contribution in [-0.2, 0) is 9.53 Å². The van der Waals surface area contributed by atoms with Gasteiger partial charge in [0.1, 0.15) is 5.15 Å². The van der Waals surface area contributed by atoms with E-state index >= 15 is 0 Å². The lowest BCUT2D eigenvalue weighted by atomic mass is 10.1. The first-order chi connectivity index (χ1) is 11.4. The molecule has 1 N–H and O–H groups in total. The molecule has 6 nitrogen and oxygen atoms in total. The summed E-state index contributed by atoms with van der Waals surface area (Å²) in [6.45, 7) is 2.92. The van der Waals surface area contributed by atoms with Crippen molar-refractivity contribution < 1.29 is 19.1 Å². The number of nitrogens with zero attached hydrogens (tertiary/aromatic N) is 1. The Bertz CT molecular complexity index is 757. The average molecular weight is 347 g/mol. The number of esters is 1. The van der Waals surface area contributed by atoms with Gasteiger partial charge in [-0.15, -0.1) is 0 Å². The first kappa shape index (κ1) is 17.6. The zero-order chi connectivity index (χ0) is 17.7.